The van der Waals surface area contributed by atoms with Crippen molar-refractivity contribution in [1.82, 2.24) is 0 Å². The van der Waals surface area contributed by atoms with Gasteiger partial charge in [-0.2, -0.15) is 28.7 Å². The summed E-state index contributed by atoms with van der Waals surface area (Å²) in [6.45, 7) is 15.3. The Hall–Kier alpha value is -0.976. The quantitative estimate of drug-likeness (QED) is 0.367. The Kier molecular flexibility index (Phi) is 10.4. The van der Waals surface area contributed by atoms with E-state index in [1.165, 1.54) is 40.3 Å². The van der Waals surface area contributed by atoms with E-state index in [0.717, 1.165) is 0 Å². The van der Waals surface area contributed by atoms with Crippen LogP contribution in [0.4, 0.5) is 0 Å². The van der Waals surface area contributed by atoms with E-state index in [1.54, 1.807) is 0 Å². The number of unbranched alkanes of at least 4 members (excludes halogenated alkanes) is 1. The molecule has 0 radical (unpaired) electrons. The minimum Gasteiger partial charge on any atom is -0.263 e. The van der Waals surface area contributed by atoms with Gasteiger partial charge in [0.05, 0.1) is 0 Å². The van der Waals surface area contributed by atoms with Crippen molar-refractivity contribution >= 4 is 10.8 Å². The van der Waals surface area contributed by atoms with Crippen molar-refractivity contribution < 1.29 is 21.7 Å². The summed E-state index contributed by atoms with van der Waals surface area (Å²) in [5, 5.41) is 2.66. The molecule has 3 rings (SSSR count). The van der Waals surface area contributed by atoms with E-state index in [1.807, 2.05) is 0 Å². The maximum absolute atomic E-state index is 3.44. The third-order valence-electron chi connectivity index (χ3n) is 4.61. The van der Waals surface area contributed by atoms with Gasteiger partial charge in [-0.1, -0.05) is 65.9 Å². The molecule has 0 fully saturated rings. The number of fused-ring (bicyclic) bond motifs is 1. The Morgan fingerprint density at radius 3 is 1.92 bits per heavy atom. The van der Waals surface area contributed by atoms with Crippen LogP contribution in [-0.2, 0) is 21.7 Å². The Labute approximate surface area is 164 Å². The molecule has 0 unspecified atom stereocenters. The molecule has 0 bridgehead atoms. The Bertz CT molecular complexity index is 636. The standard InChI is InChI=1S/C10H15.C9H7.C4H10.Ti/c1-7-6-10(4,5)9(3)8(7)2;1-2-5-9-7-3-6-8(9)4-1;1-3-4-2;/h1-5H3;1-7H;3-4H2,1-2H3;/q2*-1;;+2. The number of hydrogen-bond donors (Lipinski definition) is 0. The predicted molar refractivity (Wildman–Crippen MR) is 105 cm³/mol. The molecule has 0 aliphatic heterocycles. The van der Waals surface area contributed by atoms with E-state index in [-0.39, 0.29) is 27.1 Å². The number of benzene rings is 1. The molecule has 0 aromatic heterocycles. The monoisotopic (exact) mass is 356 g/mol. The van der Waals surface area contributed by atoms with Gasteiger partial charge in [0.15, 0.2) is 0 Å². The summed E-state index contributed by atoms with van der Waals surface area (Å²) in [6.07, 6.45) is 6.07. The van der Waals surface area contributed by atoms with Crippen LogP contribution in [0, 0.1) is 11.5 Å². The average Bonchev–Trinajstić information content (AvgIpc) is 3.08. The van der Waals surface area contributed by atoms with Gasteiger partial charge in [-0.25, -0.2) is 5.57 Å². The van der Waals surface area contributed by atoms with Gasteiger partial charge in [-0.3, -0.25) is 6.08 Å². The van der Waals surface area contributed by atoms with Gasteiger partial charge >= 0.3 is 21.7 Å². The fourth-order valence-corrected chi connectivity index (χ4v) is 2.48. The van der Waals surface area contributed by atoms with Crippen LogP contribution in [0.15, 0.2) is 59.2 Å². The molecule has 2 aromatic rings. The molecular formula is C23H32Ti. The molecule has 2 aromatic carbocycles. The molecule has 0 saturated heterocycles. The van der Waals surface area contributed by atoms with Crippen LogP contribution in [0.5, 0.6) is 0 Å². The van der Waals surface area contributed by atoms with E-state index < -0.39 is 0 Å². The molecule has 1 aliphatic carbocycles. The van der Waals surface area contributed by atoms with Crippen LogP contribution in [0.3, 0.4) is 0 Å². The molecule has 0 heterocycles. The summed E-state index contributed by atoms with van der Waals surface area (Å²) in [5.41, 5.74) is 4.39. The van der Waals surface area contributed by atoms with Gasteiger partial charge in [0.1, 0.15) is 0 Å². The second-order valence-corrected chi connectivity index (χ2v) is 6.78. The maximum Gasteiger partial charge on any atom is 2.00 e. The van der Waals surface area contributed by atoms with Gasteiger partial charge in [0, 0.05) is 0 Å². The first-order valence-electron chi connectivity index (χ1n) is 8.74. The maximum atomic E-state index is 3.44. The zero-order valence-corrected chi connectivity index (χ0v) is 18.0. The first-order valence-corrected chi connectivity index (χ1v) is 8.74. The largest absolute Gasteiger partial charge is 2.00 e. The number of hydrogen-bond acceptors (Lipinski definition) is 0. The third kappa shape index (κ3) is 6.50. The summed E-state index contributed by atoms with van der Waals surface area (Å²) < 4.78 is 0. The fraction of sp³-hybridized carbons (Fsp3) is 0.435. The van der Waals surface area contributed by atoms with Crippen molar-refractivity contribution in [1.29, 1.82) is 0 Å². The zero-order valence-electron chi connectivity index (χ0n) is 16.5. The molecule has 0 saturated carbocycles. The Morgan fingerprint density at radius 1 is 0.958 bits per heavy atom. The fourth-order valence-electron chi connectivity index (χ4n) is 2.48. The molecule has 0 amide bonds. The molecular weight excluding hydrogens is 324 g/mol. The smallest absolute Gasteiger partial charge is 0.263 e. The first-order chi connectivity index (χ1) is 10.8. The molecule has 24 heavy (non-hydrogen) atoms. The molecule has 128 valence electrons. The number of rotatable bonds is 1. The molecule has 0 N–H and O–H groups in total. The van der Waals surface area contributed by atoms with E-state index in [2.05, 4.69) is 97.0 Å². The second kappa shape index (κ2) is 10.8. The van der Waals surface area contributed by atoms with Crippen molar-refractivity contribution in [3.05, 3.63) is 65.3 Å². The molecule has 0 spiro atoms. The predicted octanol–water partition coefficient (Wildman–Crippen LogP) is 7.47. The SMILES string of the molecule is CC1=[C-]C(C)(C)C(C)=C1C.CCCC.[Ti+2].c1ccc2[cH-]ccc2c1. The summed E-state index contributed by atoms with van der Waals surface area (Å²) in [6, 6.07) is 14.7. The van der Waals surface area contributed by atoms with Crippen LogP contribution in [0.1, 0.15) is 61.3 Å². The van der Waals surface area contributed by atoms with Crippen molar-refractivity contribution in [2.24, 2.45) is 5.41 Å². The van der Waals surface area contributed by atoms with Crippen LogP contribution in [-0.4, -0.2) is 0 Å². The molecule has 0 atom stereocenters. The first kappa shape index (κ1) is 23.0. The summed E-state index contributed by atoms with van der Waals surface area (Å²) in [5.74, 6) is 0. The topological polar surface area (TPSA) is 0 Å². The van der Waals surface area contributed by atoms with Crippen molar-refractivity contribution in [3.8, 4) is 0 Å². The number of allylic oxidation sites excluding steroid dienone is 4. The minimum absolute atomic E-state index is 0. The van der Waals surface area contributed by atoms with Gasteiger partial charge in [-0.15, -0.1) is 36.6 Å². The van der Waals surface area contributed by atoms with Crippen LogP contribution in [0.2, 0.25) is 0 Å². The van der Waals surface area contributed by atoms with Crippen molar-refractivity contribution in [3.63, 3.8) is 0 Å². The minimum atomic E-state index is 0. The van der Waals surface area contributed by atoms with E-state index >= 15 is 0 Å². The van der Waals surface area contributed by atoms with E-state index in [9.17, 15) is 0 Å². The van der Waals surface area contributed by atoms with Crippen LogP contribution in [0.25, 0.3) is 10.8 Å². The van der Waals surface area contributed by atoms with E-state index in [0.29, 0.717) is 0 Å². The van der Waals surface area contributed by atoms with Gasteiger partial charge in [0.2, 0.25) is 0 Å². The Morgan fingerprint density at radius 2 is 1.54 bits per heavy atom. The summed E-state index contributed by atoms with van der Waals surface area (Å²) in [7, 11) is 0. The summed E-state index contributed by atoms with van der Waals surface area (Å²) in [4.78, 5) is 0. The average molecular weight is 356 g/mol. The zero-order chi connectivity index (χ0) is 17.5. The van der Waals surface area contributed by atoms with Crippen molar-refractivity contribution in [2.75, 3.05) is 0 Å². The van der Waals surface area contributed by atoms with Gasteiger partial charge < -0.3 is 0 Å². The normalized spacial score (nSPS) is 14.9. The van der Waals surface area contributed by atoms with Crippen LogP contribution < -0.4 is 0 Å². The van der Waals surface area contributed by atoms with Gasteiger partial charge in [-0.05, 0) is 0 Å². The van der Waals surface area contributed by atoms with E-state index in [4.69, 9.17) is 0 Å². The van der Waals surface area contributed by atoms with Crippen LogP contribution >= 0.6 is 0 Å². The van der Waals surface area contributed by atoms with Crippen molar-refractivity contribution in [2.45, 2.75) is 61.3 Å². The molecule has 0 nitrogen and oxygen atoms in total. The molecule has 1 aliphatic rings. The Balaban J connectivity index is 0.000000352. The van der Waals surface area contributed by atoms with Gasteiger partial charge in [0.25, 0.3) is 0 Å². The second-order valence-electron chi connectivity index (χ2n) is 6.78. The summed E-state index contributed by atoms with van der Waals surface area (Å²) >= 11 is 0. The third-order valence-corrected chi connectivity index (χ3v) is 4.61. The molecule has 1 heteroatoms.